The van der Waals surface area contributed by atoms with Crippen molar-refractivity contribution in [3.05, 3.63) is 81.1 Å². The van der Waals surface area contributed by atoms with Gasteiger partial charge < -0.3 is 9.47 Å². The Hall–Kier alpha value is -3.76. The number of ether oxygens (including phenoxy) is 2. The van der Waals surface area contributed by atoms with Crippen LogP contribution >= 0.6 is 22.7 Å². The van der Waals surface area contributed by atoms with Crippen molar-refractivity contribution in [2.24, 2.45) is 0 Å². The van der Waals surface area contributed by atoms with Gasteiger partial charge in [0.15, 0.2) is 0 Å². The number of aromatic nitrogens is 2. The van der Waals surface area contributed by atoms with Crippen LogP contribution in [-0.4, -0.2) is 56.2 Å². The van der Waals surface area contributed by atoms with Crippen molar-refractivity contribution in [1.82, 2.24) is 19.8 Å². The number of likely N-dealkylation sites (tertiary alicyclic amines) is 2. The third-order valence-corrected chi connectivity index (χ3v) is 12.7. The molecule has 2 bridgehead atoms. The molecule has 0 N–H and O–H groups in total. The predicted molar refractivity (Wildman–Crippen MR) is 198 cm³/mol. The highest BCUT2D eigenvalue weighted by Gasteiger charge is 2.39. The fourth-order valence-corrected chi connectivity index (χ4v) is 10.4. The van der Waals surface area contributed by atoms with Gasteiger partial charge in [-0.1, -0.05) is 24.3 Å². The summed E-state index contributed by atoms with van der Waals surface area (Å²) >= 11 is 3.40. The van der Waals surface area contributed by atoms with Crippen LogP contribution in [0.4, 0.5) is 9.59 Å². The van der Waals surface area contributed by atoms with Gasteiger partial charge in [-0.05, 0) is 126 Å². The quantitative estimate of drug-likeness (QED) is 0.210. The summed E-state index contributed by atoms with van der Waals surface area (Å²) in [7, 11) is 0. The zero-order valence-electron chi connectivity index (χ0n) is 29.8. The Morgan fingerprint density at radius 1 is 0.640 bits per heavy atom. The average Bonchev–Trinajstić information content (AvgIpc) is 3.89. The normalized spacial score (nSPS) is 22.8. The van der Waals surface area contributed by atoms with E-state index < -0.39 is 11.2 Å². The number of hydrogen-bond acceptors (Lipinski definition) is 8. The van der Waals surface area contributed by atoms with Crippen LogP contribution in [0.5, 0.6) is 0 Å². The summed E-state index contributed by atoms with van der Waals surface area (Å²) < 4.78 is 11.4. The third kappa shape index (κ3) is 6.23. The molecule has 2 aromatic heterocycles. The van der Waals surface area contributed by atoms with E-state index in [-0.39, 0.29) is 24.3 Å². The summed E-state index contributed by atoms with van der Waals surface area (Å²) in [6.07, 6.45) is 9.50. The molecule has 8 nitrogen and oxygen atoms in total. The zero-order valence-corrected chi connectivity index (χ0v) is 31.5. The number of fused-ring (bicyclic) bond motifs is 1. The summed E-state index contributed by atoms with van der Waals surface area (Å²) in [6, 6.07) is 13.9. The van der Waals surface area contributed by atoms with E-state index in [0.717, 1.165) is 58.3 Å². The highest BCUT2D eigenvalue weighted by molar-refractivity contribution is 7.15. The Balaban J connectivity index is 1.01. The minimum atomic E-state index is -0.520. The molecule has 4 atom stereocenters. The van der Waals surface area contributed by atoms with Crippen molar-refractivity contribution in [2.75, 3.05) is 13.1 Å². The number of rotatable bonds is 4. The predicted octanol–water partition coefficient (Wildman–Crippen LogP) is 10.4. The maximum absolute atomic E-state index is 12.9. The van der Waals surface area contributed by atoms with Crippen molar-refractivity contribution in [1.29, 1.82) is 0 Å². The van der Waals surface area contributed by atoms with Crippen LogP contribution in [0.25, 0.3) is 20.9 Å². The summed E-state index contributed by atoms with van der Waals surface area (Å²) in [5.41, 5.74) is 7.11. The van der Waals surface area contributed by atoms with Crippen LogP contribution in [0.3, 0.4) is 0 Å². The van der Waals surface area contributed by atoms with Gasteiger partial charge in [0.05, 0.1) is 21.8 Å². The molecular weight excluding hydrogens is 665 g/mol. The molecule has 0 spiro atoms. The molecule has 3 aliphatic carbocycles. The summed E-state index contributed by atoms with van der Waals surface area (Å²) in [4.78, 5) is 41.5. The Morgan fingerprint density at radius 3 is 1.46 bits per heavy atom. The third-order valence-electron chi connectivity index (χ3n) is 10.4. The molecule has 10 heteroatoms. The van der Waals surface area contributed by atoms with E-state index in [1.54, 1.807) is 22.7 Å². The molecule has 2 saturated heterocycles. The SMILES string of the molecule is CC(C)(C)OC(=O)N1CCC[C@H]1c1ncc(-c2ccc3c(c2)C2CCC3c3cc(-c4cnc([C@@H]5CCCN5C(=O)OC(C)(C)C)s4)ccc32)s1. The maximum atomic E-state index is 12.9. The van der Waals surface area contributed by atoms with E-state index in [9.17, 15) is 9.59 Å². The number of nitrogens with zero attached hydrogens (tertiary/aromatic N) is 4. The van der Waals surface area contributed by atoms with Crippen LogP contribution in [0.1, 0.15) is 136 Å². The number of carbonyl (C=O) groups is 2. The van der Waals surface area contributed by atoms with Gasteiger partial charge in [0.1, 0.15) is 21.2 Å². The number of benzene rings is 2. The highest BCUT2D eigenvalue weighted by atomic mass is 32.1. The molecule has 5 aliphatic rings. The lowest BCUT2D eigenvalue weighted by atomic mass is 9.63. The van der Waals surface area contributed by atoms with Crippen molar-refractivity contribution in [3.63, 3.8) is 0 Å². The van der Waals surface area contributed by atoms with E-state index in [4.69, 9.17) is 19.4 Å². The molecule has 2 amide bonds. The smallest absolute Gasteiger partial charge is 0.410 e. The first-order chi connectivity index (χ1) is 23.8. The van der Waals surface area contributed by atoms with Gasteiger partial charge in [0.25, 0.3) is 0 Å². The van der Waals surface area contributed by atoms with Crippen LogP contribution in [0.2, 0.25) is 0 Å². The fraction of sp³-hybridized carbons (Fsp3) is 0.500. The molecule has 262 valence electrons. The lowest BCUT2D eigenvalue weighted by Gasteiger charge is -2.40. The van der Waals surface area contributed by atoms with Crippen LogP contribution in [0.15, 0.2) is 48.8 Å². The highest BCUT2D eigenvalue weighted by Crippen LogP contribution is 2.54. The fourth-order valence-electron chi connectivity index (χ4n) is 8.26. The zero-order chi connectivity index (χ0) is 34.9. The van der Waals surface area contributed by atoms with Gasteiger partial charge in [-0.2, -0.15) is 0 Å². The second-order valence-electron chi connectivity index (χ2n) is 16.2. The number of hydrogen-bond donors (Lipinski definition) is 0. The molecule has 2 unspecified atom stereocenters. The number of thiazole rings is 2. The van der Waals surface area contributed by atoms with E-state index >= 15 is 0 Å². The molecule has 0 saturated carbocycles. The average molecular weight is 711 g/mol. The minimum absolute atomic E-state index is 0.0324. The topological polar surface area (TPSA) is 84.9 Å². The molecule has 4 aromatic rings. The lowest BCUT2D eigenvalue weighted by Crippen LogP contribution is -2.36. The monoisotopic (exact) mass is 710 g/mol. The van der Waals surface area contributed by atoms with Crippen LogP contribution < -0.4 is 0 Å². The molecular formula is C40H46N4O4S2. The minimum Gasteiger partial charge on any atom is -0.444 e. The Morgan fingerprint density at radius 2 is 1.06 bits per heavy atom. The largest absolute Gasteiger partial charge is 0.444 e. The Bertz CT molecular complexity index is 1810. The summed E-state index contributed by atoms with van der Waals surface area (Å²) in [5.74, 6) is 0.753. The van der Waals surface area contributed by atoms with Crippen molar-refractivity contribution in [2.45, 2.75) is 115 Å². The number of carbonyl (C=O) groups excluding carboxylic acids is 2. The van der Waals surface area contributed by atoms with Gasteiger partial charge in [0.2, 0.25) is 0 Å². The molecule has 9 rings (SSSR count). The second kappa shape index (κ2) is 12.5. The molecule has 2 aromatic carbocycles. The Kier molecular flexibility index (Phi) is 8.33. The first-order valence-corrected chi connectivity index (χ1v) is 19.7. The molecule has 2 fully saturated rings. The van der Waals surface area contributed by atoms with Crippen LogP contribution in [0, 0.1) is 0 Å². The number of amides is 2. The van der Waals surface area contributed by atoms with Crippen LogP contribution in [-0.2, 0) is 9.47 Å². The van der Waals surface area contributed by atoms with Crippen molar-refractivity contribution < 1.29 is 19.1 Å². The van der Waals surface area contributed by atoms with Gasteiger partial charge in [-0.15, -0.1) is 22.7 Å². The van der Waals surface area contributed by atoms with Gasteiger partial charge in [-0.25, -0.2) is 19.6 Å². The van der Waals surface area contributed by atoms with E-state index in [1.807, 2.05) is 63.7 Å². The summed E-state index contributed by atoms with van der Waals surface area (Å²) in [6.45, 7) is 12.9. The first kappa shape index (κ1) is 33.4. The summed E-state index contributed by atoms with van der Waals surface area (Å²) in [5, 5.41) is 1.97. The van der Waals surface area contributed by atoms with Crippen molar-refractivity contribution >= 4 is 34.9 Å². The van der Waals surface area contributed by atoms with Gasteiger partial charge in [-0.3, -0.25) is 9.80 Å². The second-order valence-corrected chi connectivity index (χ2v) is 18.3. The van der Waals surface area contributed by atoms with Crippen molar-refractivity contribution in [3.8, 4) is 20.9 Å². The van der Waals surface area contributed by atoms with E-state index in [0.29, 0.717) is 24.9 Å². The molecule has 50 heavy (non-hydrogen) atoms. The standard InChI is InChI=1S/C40H46N4O4S2/c1-39(2,3)47-37(45)43-17-7-9-31(43)35-41-21-33(49-35)23-11-13-25-28-16-15-27(29(25)19-23)26-14-12-24(20-30(26)28)34-22-42-36(50-34)32-10-8-18-44(32)38(46)48-40(4,5)6/h11-14,19-22,27-28,31-32H,7-10,15-18H2,1-6H3/t27?,28?,31-,32-/m0/s1. The van der Waals surface area contributed by atoms with E-state index in [2.05, 4.69) is 36.4 Å². The lowest BCUT2D eigenvalue weighted by molar-refractivity contribution is 0.0213. The Labute approximate surface area is 302 Å². The first-order valence-electron chi connectivity index (χ1n) is 18.0. The maximum Gasteiger partial charge on any atom is 0.410 e. The molecule has 4 heterocycles. The molecule has 0 radical (unpaired) electrons. The van der Waals surface area contributed by atoms with Gasteiger partial charge in [0, 0.05) is 37.3 Å². The van der Waals surface area contributed by atoms with E-state index in [1.165, 1.54) is 33.4 Å². The van der Waals surface area contributed by atoms with Gasteiger partial charge >= 0.3 is 12.2 Å². The molecule has 2 aliphatic heterocycles.